The van der Waals surface area contributed by atoms with Gasteiger partial charge in [-0.2, -0.15) is 5.06 Å². The molecule has 2 aromatic rings. The number of carbonyl (C=O) groups excluding carboxylic acids is 2. The monoisotopic (exact) mass is 363 g/mol. The lowest BCUT2D eigenvalue weighted by Gasteiger charge is -2.22. The van der Waals surface area contributed by atoms with Gasteiger partial charge in [0.25, 0.3) is 5.91 Å². The number of nitrogens with zero attached hydrogens (tertiary/aromatic N) is 1. The maximum atomic E-state index is 12.9. The molecule has 0 aliphatic heterocycles. The Labute approximate surface area is 150 Å². The molecule has 0 bridgehead atoms. The van der Waals surface area contributed by atoms with Crippen molar-refractivity contribution in [1.82, 2.24) is 5.06 Å². The zero-order valence-corrected chi connectivity index (χ0v) is 14.9. The number of amides is 1. The van der Waals surface area contributed by atoms with Gasteiger partial charge in [-0.05, 0) is 31.2 Å². The molecule has 0 radical (unpaired) electrons. The van der Waals surface area contributed by atoms with E-state index in [-0.39, 0.29) is 28.6 Å². The maximum Gasteiger partial charge on any atom is 0.363 e. The van der Waals surface area contributed by atoms with E-state index in [2.05, 4.69) is 0 Å². The number of hydroxylamine groups is 2. The Bertz CT molecular complexity index is 764. The molecule has 6 nitrogen and oxygen atoms in total. The third kappa shape index (κ3) is 4.03. The number of halogens is 1. The molecule has 0 saturated heterocycles. The van der Waals surface area contributed by atoms with E-state index in [4.69, 9.17) is 25.9 Å². The van der Waals surface area contributed by atoms with Crippen molar-refractivity contribution in [2.45, 2.75) is 6.92 Å². The predicted octanol–water partition coefficient (Wildman–Crippen LogP) is 3.59. The summed E-state index contributed by atoms with van der Waals surface area (Å²) in [7, 11) is 2.81. The third-order valence-electron chi connectivity index (χ3n) is 3.43. The number of ether oxygens (including phenoxy) is 2. The second kappa shape index (κ2) is 8.39. The molecule has 0 atom stereocenters. The molecular weight excluding hydrogens is 346 g/mol. The van der Waals surface area contributed by atoms with Gasteiger partial charge in [-0.3, -0.25) is 4.79 Å². The number of hydrogen-bond donors (Lipinski definition) is 0. The van der Waals surface area contributed by atoms with Crippen molar-refractivity contribution in [1.29, 1.82) is 0 Å². The minimum absolute atomic E-state index is 0.0835. The maximum absolute atomic E-state index is 12.9. The minimum atomic E-state index is -0.643. The van der Waals surface area contributed by atoms with Crippen LogP contribution < -0.4 is 9.47 Å². The largest absolute Gasteiger partial charge is 0.496 e. The molecule has 0 spiro atoms. The van der Waals surface area contributed by atoms with Gasteiger partial charge in [-0.15, -0.1) is 0 Å². The van der Waals surface area contributed by atoms with E-state index in [1.165, 1.54) is 14.2 Å². The van der Waals surface area contributed by atoms with Gasteiger partial charge in [-0.25, -0.2) is 4.79 Å². The van der Waals surface area contributed by atoms with Crippen LogP contribution in [-0.2, 0) is 4.84 Å². The highest BCUT2D eigenvalue weighted by atomic mass is 35.5. The predicted molar refractivity (Wildman–Crippen MR) is 93.1 cm³/mol. The van der Waals surface area contributed by atoms with Crippen molar-refractivity contribution in [3.63, 3.8) is 0 Å². The molecule has 0 fully saturated rings. The second-order valence-electron chi connectivity index (χ2n) is 4.90. The van der Waals surface area contributed by atoms with E-state index >= 15 is 0 Å². The van der Waals surface area contributed by atoms with Crippen LogP contribution in [0.4, 0.5) is 0 Å². The summed E-state index contributed by atoms with van der Waals surface area (Å²) >= 11 is 6.09. The summed E-state index contributed by atoms with van der Waals surface area (Å²) in [4.78, 5) is 30.3. The summed E-state index contributed by atoms with van der Waals surface area (Å²) < 4.78 is 10.4. The first-order valence-electron chi connectivity index (χ1n) is 7.53. The molecule has 0 heterocycles. The van der Waals surface area contributed by atoms with Crippen LogP contribution >= 0.6 is 11.6 Å². The molecule has 0 aromatic heterocycles. The van der Waals surface area contributed by atoms with Crippen molar-refractivity contribution in [2.24, 2.45) is 0 Å². The Morgan fingerprint density at radius 2 is 1.72 bits per heavy atom. The van der Waals surface area contributed by atoms with E-state index in [1.807, 2.05) is 0 Å². The van der Waals surface area contributed by atoms with Crippen molar-refractivity contribution < 1.29 is 23.9 Å². The second-order valence-corrected chi connectivity index (χ2v) is 5.31. The Balaban J connectivity index is 2.34. The van der Waals surface area contributed by atoms with Crippen LogP contribution in [0.15, 0.2) is 42.5 Å². The first-order valence-corrected chi connectivity index (χ1v) is 7.90. The van der Waals surface area contributed by atoms with E-state index < -0.39 is 11.9 Å². The van der Waals surface area contributed by atoms with Gasteiger partial charge in [-0.1, -0.05) is 29.8 Å². The number of rotatable bonds is 5. The molecule has 0 aliphatic carbocycles. The molecule has 25 heavy (non-hydrogen) atoms. The minimum Gasteiger partial charge on any atom is -0.496 e. The molecule has 0 aliphatic rings. The summed E-state index contributed by atoms with van der Waals surface area (Å²) in [5, 5.41) is 1.18. The first-order chi connectivity index (χ1) is 12.0. The molecule has 0 unspecified atom stereocenters. The normalized spacial score (nSPS) is 10.1. The average molecular weight is 364 g/mol. The fourth-order valence-electron chi connectivity index (χ4n) is 2.21. The zero-order valence-electron chi connectivity index (χ0n) is 14.1. The number of benzene rings is 2. The average Bonchev–Trinajstić information content (AvgIpc) is 2.65. The van der Waals surface area contributed by atoms with Crippen molar-refractivity contribution in [2.75, 3.05) is 20.8 Å². The number of methoxy groups -OCH3 is 2. The van der Waals surface area contributed by atoms with E-state index in [0.717, 1.165) is 5.06 Å². The Kier molecular flexibility index (Phi) is 6.25. The lowest BCUT2D eigenvalue weighted by Crippen LogP contribution is -2.34. The van der Waals surface area contributed by atoms with Gasteiger partial charge in [0.1, 0.15) is 11.3 Å². The molecule has 132 valence electrons. The van der Waals surface area contributed by atoms with Crippen LogP contribution in [0.25, 0.3) is 0 Å². The fraction of sp³-hybridized carbons (Fsp3) is 0.222. The fourth-order valence-corrected chi connectivity index (χ4v) is 2.45. The first kappa shape index (κ1) is 18.6. The van der Waals surface area contributed by atoms with Crippen LogP contribution in [0.1, 0.15) is 27.6 Å². The van der Waals surface area contributed by atoms with Crippen LogP contribution in [-0.4, -0.2) is 37.7 Å². The topological polar surface area (TPSA) is 65.1 Å². The molecule has 7 heteroatoms. The summed E-state index contributed by atoms with van der Waals surface area (Å²) in [6.07, 6.45) is 0. The lowest BCUT2D eigenvalue weighted by molar-refractivity contribution is -0.0788. The highest BCUT2D eigenvalue weighted by molar-refractivity contribution is 6.32. The Hall–Kier alpha value is -2.73. The van der Waals surface area contributed by atoms with Crippen LogP contribution in [0, 0.1) is 0 Å². The molecular formula is C18H18ClNO5. The standard InChI is InChI=1S/C18H18ClNO5/c1-4-20(25-18(22)12-8-6-5-7-9-12)17(21)15-14(23-2)11-10-13(19)16(15)24-3/h5-11H,4H2,1-3H3. The molecule has 0 saturated carbocycles. The molecule has 1 amide bonds. The quantitative estimate of drug-likeness (QED) is 0.759. The SMILES string of the molecule is CCN(OC(=O)c1ccccc1)C(=O)c1c(OC)ccc(Cl)c1OC. The highest BCUT2D eigenvalue weighted by Gasteiger charge is 2.28. The lowest BCUT2D eigenvalue weighted by atomic mass is 10.1. The van der Waals surface area contributed by atoms with E-state index in [1.54, 1.807) is 49.4 Å². The van der Waals surface area contributed by atoms with Crippen molar-refractivity contribution >= 4 is 23.5 Å². The number of hydrogen-bond acceptors (Lipinski definition) is 5. The van der Waals surface area contributed by atoms with Crippen molar-refractivity contribution in [3.05, 3.63) is 58.6 Å². The van der Waals surface area contributed by atoms with Gasteiger partial charge in [0, 0.05) is 0 Å². The summed E-state index contributed by atoms with van der Waals surface area (Å²) in [6, 6.07) is 11.5. The van der Waals surface area contributed by atoms with E-state index in [0.29, 0.717) is 5.56 Å². The highest BCUT2D eigenvalue weighted by Crippen LogP contribution is 2.36. The molecule has 2 rings (SSSR count). The van der Waals surface area contributed by atoms with Crippen LogP contribution in [0.3, 0.4) is 0 Å². The van der Waals surface area contributed by atoms with Gasteiger partial charge in [0.05, 0.1) is 31.4 Å². The molecule has 0 N–H and O–H groups in total. The summed E-state index contributed by atoms with van der Waals surface area (Å²) in [5.41, 5.74) is 0.416. The van der Waals surface area contributed by atoms with Crippen LogP contribution in [0.2, 0.25) is 5.02 Å². The summed E-state index contributed by atoms with van der Waals surface area (Å²) in [6.45, 7) is 1.82. The van der Waals surface area contributed by atoms with Crippen LogP contribution in [0.5, 0.6) is 11.5 Å². The van der Waals surface area contributed by atoms with Gasteiger partial charge in [0.15, 0.2) is 5.75 Å². The summed E-state index contributed by atoms with van der Waals surface area (Å²) in [5.74, 6) is -0.820. The van der Waals surface area contributed by atoms with Crippen molar-refractivity contribution in [3.8, 4) is 11.5 Å². The zero-order chi connectivity index (χ0) is 18.4. The van der Waals surface area contributed by atoms with Gasteiger partial charge < -0.3 is 14.3 Å². The Morgan fingerprint density at radius 1 is 1.04 bits per heavy atom. The van der Waals surface area contributed by atoms with E-state index in [9.17, 15) is 9.59 Å². The Morgan fingerprint density at radius 3 is 2.28 bits per heavy atom. The molecule has 2 aromatic carbocycles. The van der Waals surface area contributed by atoms with Gasteiger partial charge >= 0.3 is 5.97 Å². The third-order valence-corrected chi connectivity index (χ3v) is 3.72. The number of carbonyl (C=O) groups is 2. The van der Waals surface area contributed by atoms with Gasteiger partial charge in [0.2, 0.25) is 0 Å². The smallest absolute Gasteiger partial charge is 0.363 e.